The van der Waals surface area contributed by atoms with Crippen LogP contribution in [0.5, 0.6) is 5.75 Å². The second-order valence-electron chi connectivity index (χ2n) is 6.99. The number of aromatic hydroxyl groups is 1. The first-order valence-electron chi connectivity index (χ1n) is 9.63. The fourth-order valence-corrected chi connectivity index (χ4v) is 3.95. The van der Waals surface area contributed by atoms with Gasteiger partial charge in [0.25, 0.3) is 5.91 Å². The van der Waals surface area contributed by atoms with Gasteiger partial charge >= 0.3 is 6.03 Å². The van der Waals surface area contributed by atoms with Gasteiger partial charge in [0.15, 0.2) is 0 Å². The van der Waals surface area contributed by atoms with Crippen LogP contribution < -0.4 is 10.6 Å². The molecule has 150 valence electrons. The standard InChI is InChI=1S/C21H22N4O3S/c1-2-22-21(28)25-17(13-5-3-6-13)12-16(24-25)15-11-14(8-9-18(15)26)23-20(27)19-7-4-10-29-19/h4,7-13,26H,2-3,5-6H2,1H3,(H,22,28)(H,23,27). The molecule has 8 heteroatoms. The molecule has 1 fully saturated rings. The van der Waals surface area contributed by atoms with Crippen LogP contribution in [0.2, 0.25) is 0 Å². The van der Waals surface area contributed by atoms with Gasteiger partial charge in [-0.15, -0.1) is 11.3 Å². The Kier molecular flexibility index (Phi) is 5.35. The van der Waals surface area contributed by atoms with E-state index < -0.39 is 0 Å². The summed E-state index contributed by atoms with van der Waals surface area (Å²) in [5.74, 6) is 0.127. The second-order valence-corrected chi connectivity index (χ2v) is 7.94. The van der Waals surface area contributed by atoms with Crippen LogP contribution in [0.1, 0.15) is 47.5 Å². The van der Waals surface area contributed by atoms with Gasteiger partial charge in [-0.3, -0.25) is 4.79 Å². The topological polar surface area (TPSA) is 96.3 Å². The Bertz CT molecular complexity index is 1040. The SMILES string of the molecule is CCNC(=O)n1nc(-c2cc(NC(=O)c3cccs3)ccc2O)cc1C1CCC1. The summed E-state index contributed by atoms with van der Waals surface area (Å²) in [6, 6.07) is 9.99. The molecule has 3 N–H and O–H groups in total. The Morgan fingerprint density at radius 1 is 1.28 bits per heavy atom. The van der Waals surface area contributed by atoms with Gasteiger partial charge in [0.2, 0.25) is 0 Å². The fraction of sp³-hybridized carbons (Fsp3) is 0.286. The molecule has 2 heterocycles. The predicted octanol–water partition coefficient (Wildman–Crippen LogP) is 4.41. The van der Waals surface area contributed by atoms with Crippen LogP contribution in [-0.4, -0.2) is 33.4 Å². The molecule has 4 rings (SSSR count). The highest BCUT2D eigenvalue weighted by Gasteiger charge is 2.27. The molecule has 2 aromatic heterocycles. The largest absolute Gasteiger partial charge is 0.507 e. The van der Waals surface area contributed by atoms with Crippen molar-refractivity contribution >= 4 is 29.0 Å². The number of amides is 2. The van der Waals surface area contributed by atoms with Crippen LogP contribution in [0.25, 0.3) is 11.3 Å². The lowest BCUT2D eigenvalue weighted by molar-refractivity contribution is 0.103. The lowest BCUT2D eigenvalue weighted by atomic mass is 9.82. The number of aromatic nitrogens is 2. The Balaban J connectivity index is 1.67. The normalized spacial score (nSPS) is 13.7. The monoisotopic (exact) mass is 410 g/mol. The van der Waals surface area contributed by atoms with Gasteiger partial charge in [0, 0.05) is 23.7 Å². The van der Waals surface area contributed by atoms with Crippen molar-refractivity contribution in [2.75, 3.05) is 11.9 Å². The Morgan fingerprint density at radius 3 is 2.76 bits per heavy atom. The van der Waals surface area contributed by atoms with Crippen LogP contribution in [0.15, 0.2) is 41.8 Å². The van der Waals surface area contributed by atoms with Crippen molar-refractivity contribution in [3.63, 3.8) is 0 Å². The molecule has 0 aliphatic heterocycles. The van der Waals surface area contributed by atoms with Crippen LogP contribution in [0, 0.1) is 0 Å². The van der Waals surface area contributed by atoms with Crippen molar-refractivity contribution in [2.45, 2.75) is 32.1 Å². The summed E-state index contributed by atoms with van der Waals surface area (Å²) >= 11 is 1.36. The quantitative estimate of drug-likeness (QED) is 0.543. The number of nitrogens with one attached hydrogen (secondary N) is 2. The smallest absolute Gasteiger partial charge is 0.342 e. The molecule has 3 aromatic rings. The molecular weight excluding hydrogens is 388 g/mol. The predicted molar refractivity (Wildman–Crippen MR) is 113 cm³/mol. The summed E-state index contributed by atoms with van der Waals surface area (Å²) in [5, 5.41) is 22.3. The van der Waals surface area contributed by atoms with E-state index in [4.69, 9.17) is 0 Å². The number of phenolic OH excluding ortho intramolecular Hbond substituents is 1. The first kappa shape index (κ1) is 19.2. The zero-order valence-corrected chi connectivity index (χ0v) is 16.8. The summed E-state index contributed by atoms with van der Waals surface area (Å²) in [4.78, 5) is 25.4. The van der Waals surface area contributed by atoms with E-state index in [9.17, 15) is 14.7 Å². The number of rotatable bonds is 5. The number of benzene rings is 1. The van der Waals surface area contributed by atoms with E-state index in [0.717, 1.165) is 25.0 Å². The van der Waals surface area contributed by atoms with Crippen molar-refractivity contribution in [2.24, 2.45) is 0 Å². The van der Waals surface area contributed by atoms with E-state index in [1.165, 1.54) is 22.1 Å². The molecule has 7 nitrogen and oxygen atoms in total. The van der Waals surface area contributed by atoms with E-state index in [0.29, 0.717) is 34.3 Å². The van der Waals surface area contributed by atoms with Gasteiger partial charge < -0.3 is 15.7 Å². The number of phenols is 1. The third kappa shape index (κ3) is 3.88. The molecule has 0 unspecified atom stereocenters. The van der Waals surface area contributed by atoms with Crippen LogP contribution in [0.3, 0.4) is 0 Å². The van der Waals surface area contributed by atoms with Gasteiger partial charge in [0.05, 0.1) is 16.3 Å². The highest BCUT2D eigenvalue weighted by molar-refractivity contribution is 7.12. The van der Waals surface area contributed by atoms with Crippen molar-refractivity contribution in [3.05, 3.63) is 52.3 Å². The lowest BCUT2D eigenvalue weighted by Crippen LogP contribution is -2.31. The third-order valence-electron chi connectivity index (χ3n) is 5.06. The Hall–Kier alpha value is -3.13. The Labute approximate surface area is 172 Å². The zero-order chi connectivity index (χ0) is 20.4. The van der Waals surface area contributed by atoms with Crippen molar-refractivity contribution in [1.82, 2.24) is 15.1 Å². The molecule has 0 bridgehead atoms. The van der Waals surface area contributed by atoms with Gasteiger partial charge in [-0.2, -0.15) is 9.78 Å². The summed E-state index contributed by atoms with van der Waals surface area (Å²) in [6.45, 7) is 2.37. The van der Waals surface area contributed by atoms with Crippen molar-refractivity contribution in [1.29, 1.82) is 0 Å². The minimum atomic E-state index is -0.276. The highest BCUT2D eigenvalue weighted by atomic mass is 32.1. The van der Waals surface area contributed by atoms with Crippen molar-refractivity contribution < 1.29 is 14.7 Å². The molecule has 0 spiro atoms. The number of carbonyl (C=O) groups excluding carboxylic acids is 2. The van der Waals surface area contributed by atoms with Crippen molar-refractivity contribution in [3.8, 4) is 17.0 Å². The summed E-state index contributed by atoms with van der Waals surface area (Å²) < 4.78 is 1.40. The maximum Gasteiger partial charge on any atom is 0.342 e. The molecule has 1 aromatic carbocycles. The molecule has 1 aliphatic carbocycles. The molecule has 29 heavy (non-hydrogen) atoms. The summed E-state index contributed by atoms with van der Waals surface area (Å²) in [7, 11) is 0. The number of thiophene rings is 1. The average Bonchev–Trinajstić information content (AvgIpc) is 3.32. The number of anilines is 1. The molecule has 2 amide bonds. The summed E-state index contributed by atoms with van der Waals surface area (Å²) in [6.07, 6.45) is 3.18. The van der Waals surface area contributed by atoms with Gasteiger partial charge in [-0.25, -0.2) is 4.79 Å². The van der Waals surface area contributed by atoms with E-state index in [-0.39, 0.29) is 17.7 Å². The van der Waals surface area contributed by atoms with Gasteiger partial charge in [-0.05, 0) is 55.5 Å². The number of hydrogen-bond donors (Lipinski definition) is 3. The fourth-order valence-electron chi connectivity index (χ4n) is 3.33. The molecular formula is C21H22N4O3S. The molecule has 0 radical (unpaired) electrons. The first-order valence-corrected chi connectivity index (χ1v) is 10.5. The maximum atomic E-state index is 12.5. The van der Waals surface area contributed by atoms with Crippen LogP contribution in [-0.2, 0) is 0 Å². The van der Waals surface area contributed by atoms with E-state index in [2.05, 4.69) is 15.7 Å². The van der Waals surface area contributed by atoms with E-state index in [1.54, 1.807) is 18.2 Å². The number of carbonyl (C=O) groups is 2. The number of nitrogens with zero attached hydrogens (tertiary/aromatic N) is 2. The minimum absolute atomic E-state index is 0.0415. The zero-order valence-electron chi connectivity index (χ0n) is 16.0. The Morgan fingerprint density at radius 2 is 2.10 bits per heavy atom. The van der Waals surface area contributed by atoms with Gasteiger partial charge in [0.1, 0.15) is 5.75 Å². The second kappa shape index (κ2) is 8.08. The molecule has 0 atom stereocenters. The van der Waals surface area contributed by atoms with E-state index in [1.807, 2.05) is 24.4 Å². The summed E-state index contributed by atoms with van der Waals surface area (Å²) in [5.41, 5.74) is 2.37. The minimum Gasteiger partial charge on any atom is -0.507 e. The van der Waals surface area contributed by atoms with E-state index >= 15 is 0 Å². The molecule has 1 saturated carbocycles. The first-order chi connectivity index (χ1) is 14.1. The van der Waals surface area contributed by atoms with Crippen LogP contribution >= 0.6 is 11.3 Å². The van der Waals surface area contributed by atoms with Crippen LogP contribution in [0.4, 0.5) is 10.5 Å². The number of hydrogen-bond acceptors (Lipinski definition) is 5. The lowest BCUT2D eigenvalue weighted by Gasteiger charge is -2.25. The van der Waals surface area contributed by atoms with Gasteiger partial charge in [-0.1, -0.05) is 12.5 Å². The maximum absolute atomic E-state index is 12.5. The highest BCUT2D eigenvalue weighted by Crippen LogP contribution is 2.39. The third-order valence-corrected chi connectivity index (χ3v) is 5.92. The molecule has 1 aliphatic rings. The average molecular weight is 410 g/mol. The molecule has 0 saturated heterocycles.